The van der Waals surface area contributed by atoms with E-state index in [1.165, 1.54) is 0 Å². The first-order chi connectivity index (χ1) is 14.5. The second-order valence-corrected chi connectivity index (χ2v) is 7.06. The lowest BCUT2D eigenvalue weighted by atomic mass is 9.94. The highest BCUT2D eigenvalue weighted by Crippen LogP contribution is 2.45. The van der Waals surface area contributed by atoms with Crippen molar-refractivity contribution in [3.8, 4) is 23.0 Å². The summed E-state index contributed by atoms with van der Waals surface area (Å²) >= 11 is 0. The number of benzene rings is 2. The highest BCUT2D eigenvalue weighted by Gasteiger charge is 2.39. The van der Waals surface area contributed by atoms with E-state index >= 15 is 0 Å². The van der Waals surface area contributed by atoms with Gasteiger partial charge < -0.3 is 24.1 Å². The Morgan fingerprint density at radius 1 is 1.07 bits per heavy atom. The second kappa shape index (κ2) is 9.71. The number of carboxylic acids is 1. The van der Waals surface area contributed by atoms with Gasteiger partial charge in [0.15, 0.2) is 11.5 Å². The van der Waals surface area contributed by atoms with Crippen LogP contribution in [0.1, 0.15) is 36.9 Å². The molecule has 2 unspecified atom stereocenters. The highest BCUT2D eigenvalue weighted by atomic mass is 16.5. The van der Waals surface area contributed by atoms with Gasteiger partial charge in [0.1, 0.15) is 17.5 Å². The number of ether oxygens (including phenoxy) is 4. The van der Waals surface area contributed by atoms with Crippen molar-refractivity contribution in [1.82, 2.24) is 4.90 Å². The van der Waals surface area contributed by atoms with Gasteiger partial charge in [0.2, 0.25) is 0 Å². The maximum Gasteiger partial charge on any atom is 0.320 e. The molecule has 162 valence electrons. The molecule has 3 rings (SSSR count). The fourth-order valence-corrected chi connectivity index (χ4v) is 4.17. The van der Waals surface area contributed by atoms with Crippen LogP contribution < -0.4 is 18.9 Å². The molecule has 1 saturated heterocycles. The van der Waals surface area contributed by atoms with Crippen molar-refractivity contribution in [3.63, 3.8) is 0 Å². The molecule has 0 amide bonds. The molecule has 0 radical (unpaired) electrons. The molecular formula is C23H29NO6. The van der Waals surface area contributed by atoms with Crippen molar-refractivity contribution in [2.75, 3.05) is 34.5 Å². The molecule has 0 bridgehead atoms. The third kappa shape index (κ3) is 4.16. The van der Waals surface area contributed by atoms with Crippen LogP contribution in [0.3, 0.4) is 0 Å². The van der Waals surface area contributed by atoms with Crippen LogP contribution >= 0.6 is 0 Å². The zero-order valence-corrected chi connectivity index (χ0v) is 17.9. The monoisotopic (exact) mass is 415 g/mol. The van der Waals surface area contributed by atoms with E-state index in [-0.39, 0.29) is 6.04 Å². The van der Waals surface area contributed by atoms with E-state index in [0.29, 0.717) is 42.6 Å². The maximum absolute atomic E-state index is 12.0. The SMILES string of the molecule is CCOc1ccc(C(c2c(OC)cccc2OC)N2CCCC2C(=O)O)cc1OC. The Morgan fingerprint density at radius 2 is 1.73 bits per heavy atom. The number of rotatable bonds is 9. The normalized spacial score (nSPS) is 17.4. The molecule has 2 aromatic carbocycles. The molecule has 0 saturated carbocycles. The smallest absolute Gasteiger partial charge is 0.320 e. The summed E-state index contributed by atoms with van der Waals surface area (Å²) in [6.45, 7) is 3.09. The topological polar surface area (TPSA) is 77.5 Å². The minimum absolute atomic E-state index is 0.385. The van der Waals surface area contributed by atoms with Gasteiger partial charge in [0, 0.05) is 6.54 Å². The zero-order valence-electron chi connectivity index (χ0n) is 17.9. The summed E-state index contributed by atoms with van der Waals surface area (Å²) in [7, 11) is 4.80. The number of hydrogen-bond acceptors (Lipinski definition) is 6. The summed E-state index contributed by atoms with van der Waals surface area (Å²) in [6.07, 6.45) is 1.40. The second-order valence-electron chi connectivity index (χ2n) is 7.06. The van der Waals surface area contributed by atoms with Gasteiger partial charge in [-0.3, -0.25) is 9.69 Å². The Morgan fingerprint density at radius 3 is 2.30 bits per heavy atom. The summed E-state index contributed by atoms with van der Waals surface area (Å²) in [6, 6.07) is 10.3. The zero-order chi connectivity index (χ0) is 21.7. The molecule has 1 N–H and O–H groups in total. The number of carbonyl (C=O) groups is 1. The predicted molar refractivity (Wildman–Crippen MR) is 113 cm³/mol. The molecule has 2 atom stereocenters. The third-order valence-electron chi connectivity index (χ3n) is 5.45. The molecule has 2 aromatic rings. The van der Waals surface area contributed by atoms with E-state index in [4.69, 9.17) is 18.9 Å². The molecule has 1 fully saturated rings. The van der Waals surface area contributed by atoms with Gasteiger partial charge in [0.25, 0.3) is 0 Å². The summed E-state index contributed by atoms with van der Waals surface area (Å²) in [5.74, 6) is 1.70. The first-order valence-electron chi connectivity index (χ1n) is 10.1. The fraction of sp³-hybridized carbons (Fsp3) is 0.435. The number of methoxy groups -OCH3 is 3. The van der Waals surface area contributed by atoms with Gasteiger partial charge in [0.05, 0.1) is 39.5 Å². The van der Waals surface area contributed by atoms with Gasteiger partial charge in [-0.25, -0.2) is 0 Å². The maximum atomic E-state index is 12.0. The van der Waals surface area contributed by atoms with Gasteiger partial charge in [-0.05, 0) is 49.6 Å². The Kier molecular flexibility index (Phi) is 7.05. The van der Waals surface area contributed by atoms with Crippen molar-refractivity contribution in [2.45, 2.75) is 31.8 Å². The van der Waals surface area contributed by atoms with Gasteiger partial charge in [-0.15, -0.1) is 0 Å². The number of likely N-dealkylation sites (tertiary alicyclic amines) is 1. The van der Waals surface area contributed by atoms with Crippen LogP contribution in [-0.2, 0) is 4.79 Å². The predicted octanol–water partition coefficient (Wildman–Crippen LogP) is 3.75. The lowest BCUT2D eigenvalue weighted by Crippen LogP contribution is -2.39. The lowest BCUT2D eigenvalue weighted by Gasteiger charge is -2.33. The van der Waals surface area contributed by atoms with Crippen LogP contribution in [0, 0.1) is 0 Å². The first kappa shape index (κ1) is 21.8. The van der Waals surface area contributed by atoms with Crippen LogP contribution in [0.2, 0.25) is 0 Å². The van der Waals surface area contributed by atoms with Crippen LogP contribution in [0.4, 0.5) is 0 Å². The first-order valence-corrected chi connectivity index (χ1v) is 10.1. The molecular weight excluding hydrogens is 386 g/mol. The molecule has 0 aromatic heterocycles. The number of hydrogen-bond donors (Lipinski definition) is 1. The van der Waals surface area contributed by atoms with Crippen molar-refractivity contribution >= 4 is 5.97 Å². The highest BCUT2D eigenvalue weighted by molar-refractivity contribution is 5.74. The van der Waals surface area contributed by atoms with E-state index in [0.717, 1.165) is 17.5 Å². The van der Waals surface area contributed by atoms with E-state index in [9.17, 15) is 9.90 Å². The number of aliphatic carboxylic acids is 1. The fourth-order valence-electron chi connectivity index (χ4n) is 4.17. The minimum Gasteiger partial charge on any atom is -0.496 e. The van der Waals surface area contributed by atoms with Gasteiger partial charge in [-0.2, -0.15) is 0 Å². The Bertz CT molecular complexity index is 862. The molecule has 7 heteroatoms. The Hall–Kier alpha value is -2.93. The van der Waals surface area contributed by atoms with Crippen molar-refractivity contribution in [2.24, 2.45) is 0 Å². The molecule has 1 heterocycles. The average molecular weight is 415 g/mol. The molecule has 0 aliphatic carbocycles. The minimum atomic E-state index is -0.829. The van der Waals surface area contributed by atoms with E-state index in [1.54, 1.807) is 21.3 Å². The summed E-state index contributed by atoms with van der Waals surface area (Å²) < 4.78 is 22.5. The van der Waals surface area contributed by atoms with Gasteiger partial charge in [-0.1, -0.05) is 12.1 Å². The van der Waals surface area contributed by atoms with Crippen molar-refractivity contribution in [3.05, 3.63) is 47.5 Å². The van der Waals surface area contributed by atoms with Crippen LogP contribution in [-0.4, -0.2) is 56.5 Å². The standard InChI is InChI=1S/C23H29NO6/c1-5-30-17-12-11-15(14-20(17)29-4)22(24-13-7-8-16(24)23(25)26)21-18(27-2)9-6-10-19(21)28-3/h6,9-12,14,16,22H,5,7-8,13H2,1-4H3,(H,25,26). The lowest BCUT2D eigenvalue weighted by molar-refractivity contribution is -0.142. The summed E-state index contributed by atoms with van der Waals surface area (Å²) in [5, 5.41) is 9.85. The molecule has 1 aliphatic rings. The molecule has 1 aliphatic heterocycles. The number of nitrogens with zero attached hydrogens (tertiary/aromatic N) is 1. The van der Waals surface area contributed by atoms with Crippen LogP contribution in [0.25, 0.3) is 0 Å². The van der Waals surface area contributed by atoms with Crippen LogP contribution in [0.5, 0.6) is 23.0 Å². The third-order valence-corrected chi connectivity index (χ3v) is 5.45. The number of carboxylic acid groups (broad SMARTS) is 1. The summed E-state index contributed by atoms with van der Waals surface area (Å²) in [4.78, 5) is 14.0. The quantitative estimate of drug-likeness (QED) is 0.668. The molecule has 0 spiro atoms. The molecule has 30 heavy (non-hydrogen) atoms. The molecule has 7 nitrogen and oxygen atoms in total. The van der Waals surface area contributed by atoms with E-state index < -0.39 is 12.0 Å². The van der Waals surface area contributed by atoms with Gasteiger partial charge >= 0.3 is 5.97 Å². The summed E-state index contributed by atoms with van der Waals surface area (Å²) in [5.41, 5.74) is 1.67. The van der Waals surface area contributed by atoms with Crippen LogP contribution in [0.15, 0.2) is 36.4 Å². The Labute approximate surface area is 177 Å². The largest absolute Gasteiger partial charge is 0.496 e. The van der Waals surface area contributed by atoms with E-state index in [2.05, 4.69) is 0 Å². The van der Waals surface area contributed by atoms with Crippen molar-refractivity contribution in [1.29, 1.82) is 0 Å². The Balaban J connectivity index is 2.21. The average Bonchev–Trinajstić information content (AvgIpc) is 3.24. The van der Waals surface area contributed by atoms with E-state index in [1.807, 2.05) is 48.2 Å². The van der Waals surface area contributed by atoms with Crippen molar-refractivity contribution < 1.29 is 28.8 Å².